The second-order valence-electron chi connectivity index (χ2n) is 8.19. The van der Waals surface area contributed by atoms with Crippen LogP contribution >= 0.6 is 11.6 Å². The Morgan fingerprint density at radius 3 is 2.71 bits per heavy atom. The first-order valence-corrected chi connectivity index (χ1v) is 11.3. The number of benzene rings is 1. The van der Waals surface area contributed by atoms with Crippen molar-refractivity contribution in [1.82, 2.24) is 10.1 Å². The number of carboxylic acids is 1. The SMILES string of the molecule is CC(OC(=O)Nc1c(-c2ccc(NC(CC3CC3)C(=O)O)nc2)noc1C#N)c1ccccc1Cl. The number of hydrogen-bond donors (Lipinski definition) is 3. The number of anilines is 2. The number of pyridine rings is 1. The predicted octanol–water partition coefficient (Wildman–Crippen LogP) is 5.24. The molecule has 2 atom stereocenters. The molecule has 1 aliphatic rings. The fraction of sp³-hybridized carbons (Fsp3) is 0.292. The van der Waals surface area contributed by atoms with E-state index in [0.717, 1.165) is 12.8 Å². The Kier molecular flexibility index (Phi) is 7.17. The van der Waals surface area contributed by atoms with Crippen molar-refractivity contribution in [2.24, 2.45) is 5.92 Å². The van der Waals surface area contributed by atoms with E-state index in [-0.39, 0.29) is 17.1 Å². The molecule has 3 N–H and O–H groups in total. The van der Waals surface area contributed by atoms with Crippen LogP contribution < -0.4 is 10.6 Å². The summed E-state index contributed by atoms with van der Waals surface area (Å²) in [5.41, 5.74) is 1.28. The highest BCUT2D eigenvalue weighted by atomic mass is 35.5. The summed E-state index contributed by atoms with van der Waals surface area (Å²) in [6, 6.07) is 11.3. The fourth-order valence-electron chi connectivity index (χ4n) is 3.55. The number of amides is 1. The van der Waals surface area contributed by atoms with Gasteiger partial charge in [0.2, 0.25) is 0 Å². The average molecular weight is 496 g/mol. The Hall–Kier alpha value is -4.10. The molecule has 2 heterocycles. The van der Waals surface area contributed by atoms with Gasteiger partial charge in [0.15, 0.2) is 0 Å². The minimum atomic E-state index is -0.936. The molecule has 35 heavy (non-hydrogen) atoms. The van der Waals surface area contributed by atoms with Crippen LogP contribution in [0.15, 0.2) is 47.1 Å². The van der Waals surface area contributed by atoms with Gasteiger partial charge in [-0.2, -0.15) is 5.26 Å². The van der Waals surface area contributed by atoms with Crippen LogP contribution in [0.5, 0.6) is 0 Å². The number of rotatable bonds is 9. The minimum Gasteiger partial charge on any atom is -0.480 e. The highest BCUT2D eigenvalue weighted by Gasteiger charge is 2.29. The summed E-state index contributed by atoms with van der Waals surface area (Å²) < 4.78 is 10.5. The van der Waals surface area contributed by atoms with Gasteiger partial charge in [0.05, 0.1) is 0 Å². The van der Waals surface area contributed by atoms with Crippen molar-refractivity contribution in [1.29, 1.82) is 5.26 Å². The van der Waals surface area contributed by atoms with Crippen molar-refractivity contribution in [3.05, 3.63) is 58.9 Å². The van der Waals surface area contributed by atoms with Crippen LogP contribution in [0, 0.1) is 17.2 Å². The van der Waals surface area contributed by atoms with Gasteiger partial charge >= 0.3 is 12.1 Å². The zero-order valence-corrected chi connectivity index (χ0v) is 19.5. The summed E-state index contributed by atoms with van der Waals surface area (Å²) in [6.45, 7) is 1.67. The first kappa shape index (κ1) is 24.0. The van der Waals surface area contributed by atoms with Gasteiger partial charge in [0.25, 0.3) is 5.76 Å². The van der Waals surface area contributed by atoms with Crippen molar-refractivity contribution in [2.75, 3.05) is 10.6 Å². The smallest absolute Gasteiger partial charge is 0.412 e. The molecule has 0 radical (unpaired) electrons. The molecule has 0 spiro atoms. The summed E-state index contributed by atoms with van der Waals surface area (Å²) in [7, 11) is 0. The molecule has 0 saturated heterocycles. The maximum absolute atomic E-state index is 12.6. The Morgan fingerprint density at radius 1 is 1.31 bits per heavy atom. The second-order valence-corrected chi connectivity index (χ2v) is 8.59. The lowest BCUT2D eigenvalue weighted by Crippen LogP contribution is -2.30. The zero-order valence-electron chi connectivity index (χ0n) is 18.7. The molecule has 4 rings (SSSR count). The van der Waals surface area contributed by atoms with E-state index in [1.165, 1.54) is 6.20 Å². The third-order valence-corrected chi connectivity index (χ3v) is 5.91. The van der Waals surface area contributed by atoms with E-state index in [9.17, 15) is 20.0 Å². The van der Waals surface area contributed by atoms with E-state index in [0.29, 0.717) is 34.3 Å². The van der Waals surface area contributed by atoms with Gasteiger partial charge in [-0.1, -0.05) is 47.8 Å². The molecule has 3 aromatic rings. The van der Waals surface area contributed by atoms with Crippen LogP contribution in [0.4, 0.5) is 16.3 Å². The first-order valence-electron chi connectivity index (χ1n) is 10.9. The molecule has 0 bridgehead atoms. The van der Waals surface area contributed by atoms with E-state index in [1.54, 1.807) is 43.3 Å². The highest BCUT2D eigenvalue weighted by molar-refractivity contribution is 6.31. The molecule has 1 amide bonds. The van der Waals surface area contributed by atoms with Gasteiger partial charge in [0.1, 0.15) is 35.4 Å². The molecule has 10 nitrogen and oxygen atoms in total. The monoisotopic (exact) mass is 495 g/mol. The zero-order chi connectivity index (χ0) is 24.9. The number of hydrogen-bond acceptors (Lipinski definition) is 8. The maximum atomic E-state index is 12.6. The number of aliphatic carboxylic acids is 1. The van der Waals surface area contributed by atoms with Crippen LogP contribution in [0.1, 0.15) is 43.6 Å². The second kappa shape index (κ2) is 10.4. The molecule has 180 valence electrons. The Balaban J connectivity index is 1.48. The number of nitrogens with zero attached hydrogens (tertiary/aromatic N) is 3. The molecule has 2 aromatic heterocycles. The third kappa shape index (κ3) is 5.88. The molecule has 11 heteroatoms. The molecular weight excluding hydrogens is 474 g/mol. The summed E-state index contributed by atoms with van der Waals surface area (Å²) in [4.78, 5) is 28.3. The minimum absolute atomic E-state index is 0.0310. The molecule has 1 aliphatic carbocycles. The number of aromatic nitrogens is 2. The number of halogens is 1. The van der Waals surface area contributed by atoms with E-state index < -0.39 is 24.2 Å². The molecule has 1 saturated carbocycles. The fourth-order valence-corrected chi connectivity index (χ4v) is 3.84. The average Bonchev–Trinajstić information content (AvgIpc) is 3.57. The van der Waals surface area contributed by atoms with Crippen LogP contribution in [0.3, 0.4) is 0 Å². The number of nitriles is 1. The Morgan fingerprint density at radius 2 is 2.09 bits per heavy atom. The highest BCUT2D eigenvalue weighted by Crippen LogP contribution is 2.35. The van der Waals surface area contributed by atoms with Crippen molar-refractivity contribution >= 4 is 35.2 Å². The lowest BCUT2D eigenvalue weighted by Gasteiger charge is -2.15. The van der Waals surface area contributed by atoms with Crippen molar-refractivity contribution in [2.45, 2.75) is 38.3 Å². The van der Waals surface area contributed by atoms with Gasteiger partial charge in [-0.3, -0.25) is 5.32 Å². The topological polar surface area (TPSA) is 150 Å². The predicted molar refractivity (Wildman–Crippen MR) is 127 cm³/mol. The van der Waals surface area contributed by atoms with E-state index in [1.807, 2.05) is 6.07 Å². The quantitative estimate of drug-likeness (QED) is 0.362. The van der Waals surface area contributed by atoms with Crippen LogP contribution in [0.25, 0.3) is 11.3 Å². The lowest BCUT2D eigenvalue weighted by molar-refractivity contribution is -0.138. The van der Waals surface area contributed by atoms with Gasteiger partial charge < -0.3 is 19.7 Å². The number of carbonyl (C=O) groups is 2. The van der Waals surface area contributed by atoms with Gasteiger partial charge in [-0.25, -0.2) is 14.6 Å². The van der Waals surface area contributed by atoms with Gasteiger partial charge in [0, 0.05) is 22.3 Å². The van der Waals surface area contributed by atoms with Gasteiger partial charge in [-0.15, -0.1) is 0 Å². The summed E-state index contributed by atoms with van der Waals surface area (Å²) in [5, 5.41) is 28.6. The summed E-state index contributed by atoms with van der Waals surface area (Å²) in [6.07, 6.45) is 2.59. The van der Waals surface area contributed by atoms with Crippen LogP contribution in [0.2, 0.25) is 5.02 Å². The van der Waals surface area contributed by atoms with Crippen LogP contribution in [-0.2, 0) is 9.53 Å². The number of nitrogens with one attached hydrogen (secondary N) is 2. The molecule has 1 fully saturated rings. The van der Waals surface area contributed by atoms with Crippen LogP contribution in [-0.4, -0.2) is 33.4 Å². The van der Waals surface area contributed by atoms with Crippen molar-refractivity contribution in [3.63, 3.8) is 0 Å². The maximum Gasteiger partial charge on any atom is 0.412 e. The summed E-state index contributed by atoms with van der Waals surface area (Å²) in [5.74, 6) is -0.335. The number of carboxylic acid groups (broad SMARTS) is 1. The largest absolute Gasteiger partial charge is 0.480 e. The lowest BCUT2D eigenvalue weighted by atomic mass is 10.1. The van der Waals surface area contributed by atoms with E-state index >= 15 is 0 Å². The number of carbonyl (C=O) groups excluding carboxylic acids is 1. The third-order valence-electron chi connectivity index (χ3n) is 5.57. The summed E-state index contributed by atoms with van der Waals surface area (Å²) >= 11 is 6.16. The molecule has 2 unspecified atom stereocenters. The normalized spacial score (nSPS) is 14.4. The van der Waals surface area contributed by atoms with Crippen molar-refractivity contribution in [3.8, 4) is 17.3 Å². The van der Waals surface area contributed by atoms with E-state index in [4.69, 9.17) is 20.9 Å². The standard InChI is InChI=1S/C24H22ClN5O5/c1-13(16-4-2-3-5-17(16)25)34-24(33)29-22-19(11-26)35-30-21(22)15-8-9-20(27-12-15)28-18(23(31)32)10-14-6-7-14/h2-5,8-9,12-14,18H,6-7,10H2,1H3,(H,27,28)(H,29,33)(H,31,32). The first-order chi connectivity index (χ1) is 16.9. The molecule has 1 aromatic carbocycles. The van der Waals surface area contributed by atoms with Gasteiger partial charge in [-0.05, 0) is 37.5 Å². The Bertz CT molecular complexity index is 1270. The number of ether oxygens (including phenoxy) is 1. The van der Waals surface area contributed by atoms with Crippen molar-refractivity contribution < 1.29 is 24.0 Å². The molecule has 0 aliphatic heterocycles. The molecular formula is C24H22ClN5O5. The Labute approximate surface area is 205 Å². The van der Waals surface area contributed by atoms with E-state index in [2.05, 4.69) is 20.8 Å².